The lowest BCUT2D eigenvalue weighted by atomic mass is 10.2. The number of carbonyl (C=O) groups excluding carboxylic acids is 1. The van der Waals surface area contributed by atoms with E-state index in [2.05, 4.69) is 36.6 Å². The smallest absolute Gasteiger partial charge is 0.413 e. The van der Waals surface area contributed by atoms with Crippen molar-refractivity contribution in [2.45, 2.75) is 32.9 Å². The first-order valence-corrected chi connectivity index (χ1v) is 8.93. The van der Waals surface area contributed by atoms with E-state index in [1.165, 1.54) is 0 Å². The second-order valence-corrected chi connectivity index (χ2v) is 7.57. The minimum atomic E-state index is -0.588. The van der Waals surface area contributed by atoms with Gasteiger partial charge in [0.15, 0.2) is 5.65 Å². The van der Waals surface area contributed by atoms with Crippen LogP contribution in [-0.2, 0) is 11.3 Å². The van der Waals surface area contributed by atoms with Crippen molar-refractivity contribution in [3.05, 3.63) is 52.6 Å². The third-order valence-corrected chi connectivity index (χ3v) is 3.93. The fourth-order valence-electron chi connectivity index (χ4n) is 2.31. The van der Waals surface area contributed by atoms with Crippen LogP contribution in [0.5, 0.6) is 0 Å². The summed E-state index contributed by atoms with van der Waals surface area (Å²) in [7, 11) is 0. The predicted molar refractivity (Wildman–Crippen MR) is 104 cm³/mol. The molecule has 0 saturated carbocycles. The van der Waals surface area contributed by atoms with E-state index in [-0.39, 0.29) is 0 Å². The Bertz CT molecular complexity index is 918. The third kappa shape index (κ3) is 4.51. The lowest BCUT2D eigenvalue weighted by Crippen LogP contribution is -2.28. The molecule has 0 aliphatic carbocycles. The summed E-state index contributed by atoms with van der Waals surface area (Å²) in [6.45, 7) is 6.05. The van der Waals surface area contributed by atoms with Crippen LogP contribution in [-0.4, -0.2) is 26.3 Å². The lowest BCUT2D eigenvalue weighted by Gasteiger charge is -2.20. The molecule has 26 heavy (non-hydrogen) atoms. The molecule has 0 radical (unpaired) electrons. The van der Waals surface area contributed by atoms with E-state index in [0.717, 1.165) is 10.0 Å². The molecule has 1 aromatic carbocycles. The molecule has 3 rings (SSSR count). The number of fused-ring (bicyclic) bond motifs is 1. The zero-order chi connectivity index (χ0) is 18.7. The van der Waals surface area contributed by atoms with E-state index in [1.807, 2.05) is 51.1 Å². The monoisotopic (exact) mass is 417 g/mol. The summed E-state index contributed by atoms with van der Waals surface area (Å²) in [6.07, 6.45) is 1.08. The van der Waals surface area contributed by atoms with E-state index in [9.17, 15) is 4.79 Å². The molecule has 1 amide bonds. The first kappa shape index (κ1) is 18.2. The molecule has 2 heterocycles. The number of hydrogen-bond acceptors (Lipinski definition) is 5. The van der Waals surface area contributed by atoms with Crippen molar-refractivity contribution >= 4 is 39.3 Å². The van der Waals surface area contributed by atoms with Crippen LogP contribution < -0.4 is 10.6 Å². The van der Waals surface area contributed by atoms with E-state index in [1.54, 1.807) is 16.8 Å². The number of amides is 1. The number of carbonyl (C=O) groups is 1. The first-order valence-electron chi connectivity index (χ1n) is 8.14. The van der Waals surface area contributed by atoms with Gasteiger partial charge < -0.3 is 10.1 Å². The van der Waals surface area contributed by atoms with Crippen molar-refractivity contribution < 1.29 is 9.53 Å². The Morgan fingerprint density at radius 2 is 2.00 bits per heavy atom. The zero-order valence-electron chi connectivity index (χ0n) is 14.8. The maximum atomic E-state index is 12.1. The topological polar surface area (TPSA) is 80.5 Å². The van der Waals surface area contributed by atoms with Crippen LogP contribution in [0, 0.1) is 0 Å². The molecule has 3 aromatic rings. The van der Waals surface area contributed by atoms with Gasteiger partial charge in [0, 0.05) is 12.6 Å². The van der Waals surface area contributed by atoms with Gasteiger partial charge in [-0.2, -0.15) is 9.61 Å². The van der Waals surface area contributed by atoms with Crippen LogP contribution in [0.2, 0.25) is 0 Å². The lowest BCUT2D eigenvalue weighted by molar-refractivity contribution is 0.0635. The maximum absolute atomic E-state index is 12.1. The molecular formula is C18H20BrN5O2. The van der Waals surface area contributed by atoms with Crippen molar-refractivity contribution in [1.29, 1.82) is 0 Å². The van der Waals surface area contributed by atoms with Crippen molar-refractivity contribution in [2.75, 3.05) is 10.6 Å². The van der Waals surface area contributed by atoms with Crippen LogP contribution in [0.3, 0.4) is 0 Å². The van der Waals surface area contributed by atoms with E-state index in [0.29, 0.717) is 23.8 Å². The molecule has 0 fully saturated rings. The minimum Gasteiger partial charge on any atom is -0.444 e. The van der Waals surface area contributed by atoms with Gasteiger partial charge in [-0.15, -0.1) is 0 Å². The minimum absolute atomic E-state index is 0.463. The summed E-state index contributed by atoms with van der Waals surface area (Å²) in [5.41, 5.74) is 1.13. The quantitative estimate of drug-likeness (QED) is 0.655. The second-order valence-electron chi connectivity index (χ2n) is 6.72. The molecule has 2 aromatic heterocycles. The van der Waals surface area contributed by atoms with Crippen LogP contribution in [0.25, 0.3) is 5.65 Å². The summed E-state index contributed by atoms with van der Waals surface area (Å²) >= 11 is 3.43. The summed E-state index contributed by atoms with van der Waals surface area (Å²) in [5.74, 6) is 1.08. The van der Waals surface area contributed by atoms with E-state index >= 15 is 0 Å². The van der Waals surface area contributed by atoms with Gasteiger partial charge in [-0.05, 0) is 42.3 Å². The van der Waals surface area contributed by atoms with Crippen LogP contribution in [0.15, 0.2) is 47.1 Å². The molecule has 0 unspecified atom stereocenters. The number of aromatic nitrogens is 3. The average molecular weight is 418 g/mol. The maximum Gasteiger partial charge on any atom is 0.413 e. The van der Waals surface area contributed by atoms with Gasteiger partial charge in [0.2, 0.25) is 0 Å². The zero-order valence-corrected chi connectivity index (χ0v) is 16.4. The fourth-order valence-corrected chi connectivity index (χ4v) is 2.66. The number of nitrogens with one attached hydrogen (secondary N) is 2. The number of hydrogen-bond donors (Lipinski definition) is 2. The number of halogens is 1. The molecule has 0 aliphatic heterocycles. The highest BCUT2D eigenvalue weighted by Crippen LogP contribution is 2.23. The largest absolute Gasteiger partial charge is 0.444 e. The summed E-state index contributed by atoms with van der Waals surface area (Å²) in [5, 5.41) is 10.2. The molecule has 0 aliphatic rings. The van der Waals surface area contributed by atoms with Crippen LogP contribution in [0.1, 0.15) is 26.3 Å². The standard InChI is InChI=1S/C18H20BrN5O2/c1-18(2,3)26-17(25)23-15-9-14(20-10-12-7-5-4-6-8-12)22-16-13(19)11-21-24(15)16/h4-9,11H,10H2,1-3H3,(H,20,22)(H,23,25). The number of ether oxygens (including phenoxy) is 1. The summed E-state index contributed by atoms with van der Waals surface area (Å²) in [4.78, 5) is 16.7. The van der Waals surface area contributed by atoms with Gasteiger partial charge in [0.05, 0.1) is 10.7 Å². The van der Waals surface area contributed by atoms with Gasteiger partial charge in [0.25, 0.3) is 0 Å². The molecule has 0 atom stereocenters. The number of rotatable bonds is 4. The van der Waals surface area contributed by atoms with Crippen molar-refractivity contribution in [3.63, 3.8) is 0 Å². The van der Waals surface area contributed by atoms with Crippen molar-refractivity contribution in [1.82, 2.24) is 14.6 Å². The first-order chi connectivity index (χ1) is 12.3. The average Bonchev–Trinajstić information content (AvgIpc) is 2.94. The van der Waals surface area contributed by atoms with Gasteiger partial charge >= 0.3 is 6.09 Å². The second kappa shape index (κ2) is 7.33. The predicted octanol–water partition coefficient (Wildman–Crippen LogP) is 4.45. The van der Waals surface area contributed by atoms with E-state index in [4.69, 9.17) is 4.74 Å². The van der Waals surface area contributed by atoms with Gasteiger partial charge in [-0.1, -0.05) is 30.3 Å². The molecule has 0 spiro atoms. The Morgan fingerprint density at radius 3 is 2.69 bits per heavy atom. The molecule has 8 heteroatoms. The van der Waals surface area contributed by atoms with Crippen molar-refractivity contribution in [2.24, 2.45) is 0 Å². The third-order valence-electron chi connectivity index (χ3n) is 3.37. The van der Waals surface area contributed by atoms with Gasteiger partial charge in [0.1, 0.15) is 17.2 Å². The number of nitrogens with zero attached hydrogens (tertiary/aromatic N) is 3. The van der Waals surface area contributed by atoms with Crippen molar-refractivity contribution in [3.8, 4) is 0 Å². The summed E-state index contributed by atoms with van der Waals surface area (Å²) in [6, 6.07) is 11.7. The van der Waals surface area contributed by atoms with Gasteiger partial charge in [-0.3, -0.25) is 5.32 Å². The molecule has 136 valence electrons. The highest BCUT2D eigenvalue weighted by molar-refractivity contribution is 9.10. The Morgan fingerprint density at radius 1 is 1.27 bits per heavy atom. The molecule has 2 N–H and O–H groups in total. The Hall–Kier alpha value is -2.61. The summed E-state index contributed by atoms with van der Waals surface area (Å²) < 4.78 is 7.60. The highest BCUT2D eigenvalue weighted by atomic mass is 79.9. The molecular weight excluding hydrogens is 398 g/mol. The molecule has 7 nitrogen and oxygen atoms in total. The SMILES string of the molecule is CC(C)(C)OC(=O)Nc1cc(NCc2ccccc2)nc2c(Br)cnn12. The molecule has 0 saturated heterocycles. The fraction of sp³-hybridized carbons (Fsp3) is 0.278. The Balaban J connectivity index is 1.85. The highest BCUT2D eigenvalue weighted by Gasteiger charge is 2.18. The Kier molecular flexibility index (Phi) is 5.13. The van der Waals surface area contributed by atoms with Crippen LogP contribution in [0.4, 0.5) is 16.4 Å². The van der Waals surface area contributed by atoms with Crippen LogP contribution >= 0.6 is 15.9 Å². The van der Waals surface area contributed by atoms with Gasteiger partial charge in [-0.25, -0.2) is 9.78 Å². The molecule has 0 bridgehead atoms. The normalized spacial score (nSPS) is 11.4. The Labute approximate surface area is 159 Å². The number of benzene rings is 1. The number of anilines is 2. The van der Waals surface area contributed by atoms with E-state index < -0.39 is 11.7 Å².